The van der Waals surface area contributed by atoms with Crippen LogP contribution in [0.5, 0.6) is 5.88 Å². The molecule has 2 aliphatic heterocycles. The van der Waals surface area contributed by atoms with Gasteiger partial charge >= 0.3 is 12.0 Å². The first kappa shape index (κ1) is 29.5. The molecule has 2 aromatic heterocycles. The van der Waals surface area contributed by atoms with E-state index in [-0.39, 0.29) is 11.6 Å². The predicted molar refractivity (Wildman–Crippen MR) is 156 cm³/mol. The number of carbonyl (C=O) groups is 1. The van der Waals surface area contributed by atoms with Gasteiger partial charge in [-0.2, -0.15) is 10.1 Å². The first-order valence-electron chi connectivity index (χ1n) is 13.7. The van der Waals surface area contributed by atoms with E-state index in [0.29, 0.717) is 30.4 Å². The van der Waals surface area contributed by atoms with Gasteiger partial charge in [0.15, 0.2) is 5.65 Å². The number of aliphatic imine (C=N–C) groups is 1. The molecule has 1 fully saturated rings. The van der Waals surface area contributed by atoms with E-state index < -0.39 is 33.7 Å². The second kappa shape index (κ2) is 11.7. The average molecular weight is 598 g/mol. The minimum absolute atomic E-state index is 0.0810. The van der Waals surface area contributed by atoms with Crippen molar-refractivity contribution in [1.29, 1.82) is 0 Å². The van der Waals surface area contributed by atoms with Crippen LogP contribution in [-0.2, 0) is 25.7 Å². The summed E-state index contributed by atoms with van der Waals surface area (Å²) in [6.07, 6.45) is 10.5. The predicted octanol–water partition coefficient (Wildman–Crippen LogP) is 3.34. The van der Waals surface area contributed by atoms with E-state index in [1.165, 1.54) is 18.9 Å². The molecule has 13 nitrogen and oxygen atoms in total. The standard InChI is InChI=1S/C28H35N7O6S/c1-27(2,3)41-26(36)34-15-6-5-7-23(34)39-28(13-14-29-18-32-28)40-25-22-17-33-35(24(22)30-19-31-25)21-10-8-20(9-11-21)12-16-42(4,37)38/h8-11,13-14,17-19,23H,5-7,12,15-16H2,1-4H3,(H,29,32). The molecule has 2 unspecified atom stereocenters. The Morgan fingerprint density at radius 3 is 2.64 bits per heavy atom. The fourth-order valence-electron chi connectivity index (χ4n) is 4.61. The van der Waals surface area contributed by atoms with Crippen LogP contribution in [0.4, 0.5) is 4.79 Å². The molecule has 2 atom stereocenters. The Hall–Kier alpha value is -4.04. The number of aromatic nitrogens is 4. The Balaban J connectivity index is 1.40. The first-order chi connectivity index (χ1) is 19.9. The molecule has 4 heterocycles. The number of benzene rings is 1. The van der Waals surface area contributed by atoms with Gasteiger partial charge in [0.2, 0.25) is 5.88 Å². The molecule has 0 aliphatic carbocycles. The minimum atomic E-state index is -3.05. The van der Waals surface area contributed by atoms with Crippen molar-refractivity contribution in [2.24, 2.45) is 4.99 Å². The summed E-state index contributed by atoms with van der Waals surface area (Å²) >= 11 is 0. The van der Waals surface area contributed by atoms with Crippen molar-refractivity contribution in [2.75, 3.05) is 18.6 Å². The summed E-state index contributed by atoms with van der Waals surface area (Å²) in [5.74, 6) is -1.34. The number of ether oxygens (including phenoxy) is 3. The van der Waals surface area contributed by atoms with E-state index in [0.717, 1.165) is 24.1 Å². The zero-order chi connectivity index (χ0) is 30.0. The SMILES string of the molecule is CC(C)(C)OC(=O)N1CCCCC1OC1(Oc2ncnc3c2cnn3-c2ccc(CCS(C)(=O)=O)cc2)C=CNC=N1. The van der Waals surface area contributed by atoms with E-state index in [9.17, 15) is 13.2 Å². The van der Waals surface area contributed by atoms with E-state index in [1.54, 1.807) is 28.1 Å². The van der Waals surface area contributed by atoms with Crippen LogP contribution in [0, 0.1) is 0 Å². The zero-order valence-corrected chi connectivity index (χ0v) is 24.9. The summed E-state index contributed by atoms with van der Waals surface area (Å²) in [6, 6.07) is 7.44. The van der Waals surface area contributed by atoms with Crippen molar-refractivity contribution in [3.05, 3.63) is 54.6 Å². The van der Waals surface area contributed by atoms with Crippen molar-refractivity contribution >= 4 is 33.3 Å². The largest absolute Gasteiger partial charge is 0.444 e. The second-order valence-electron chi connectivity index (χ2n) is 11.3. The number of sulfone groups is 1. The number of likely N-dealkylation sites (tertiary alicyclic amines) is 1. The number of nitrogens with one attached hydrogen (secondary N) is 1. The van der Waals surface area contributed by atoms with Gasteiger partial charge in [-0.1, -0.05) is 12.1 Å². The fraction of sp³-hybridized carbons (Fsp3) is 0.464. The minimum Gasteiger partial charge on any atom is -0.444 e. The molecular weight excluding hydrogens is 562 g/mol. The van der Waals surface area contributed by atoms with Crippen molar-refractivity contribution in [2.45, 2.75) is 64.2 Å². The lowest BCUT2D eigenvalue weighted by atomic mass is 10.1. The van der Waals surface area contributed by atoms with Gasteiger partial charge in [0, 0.05) is 25.1 Å². The molecule has 0 bridgehead atoms. The number of piperidine rings is 1. The average Bonchev–Trinajstić information content (AvgIpc) is 3.37. The molecule has 5 rings (SSSR count). The van der Waals surface area contributed by atoms with E-state index in [1.807, 2.05) is 45.0 Å². The van der Waals surface area contributed by atoms with Crippen LogP contribution in [0.3, 0.4) is 0 Å². The summed E-state index contributed by atoms with van der Waals surface area (Å²) in [5, 5.41) is 7.92. The van der Waals surface area contributed by atoms with Gasteiger partial charge in [-0.05, 0) is 64.2 Å². The van der Waals surface area contributed by atoms with Crippen molar-refractivity contribution < 1.29 is 27.4 Å². The molecular formula is C28H35N7O6S. The highest BCUT2D eigenvalue weighted by Gasteiger charge is 2.41. The normalized spacial score (nSPS) is 20.9. The third-order valence-corrected chi connectivity index (χ3v) is 7.55. The fourth-order valence-corrected chi connectivity index (χ4v) is 5.21. The molecule has 0 saturated carbocycles. The molecule has 1 aromatic carbocycles. The maximum Gasteiger partial charge on any atom is 0.412 e. The van der Waals surface area contributed by atoms with Gasteiger partial charge < -0.3 is 14.8 Å². The highest BCUT2D eigenvalue weighted by atomic mass is 32.2. The molecule has 2 aliphatic rings. The number of aryl methyl sites for hydroxylation is 1. The summed E-state index contributed by atoms with van der Waals surface area (Å²) in [5.41, 5.74) is 1.48. The zero-order valence-electron chi connectivity index (χ0n) is 24.1. The van der Waals surface area contributed by atoms with Gasteiger partial charge in [0.25, 0.3) is 0 Å². The monoisotopic (exact) mass is 597 g/mol. The van der Waals surface area contributed by atoms with Crippen LogP contribution in [0.2, 0.25) is 0 Å². The maximum atomic E-state index is 13.0. The van der Waals surface area contributed by atoms with Crippen LogP contribution >= 0.6 is 0 Å². The van der Waals surface area contributed by atoms with E-state index in [2.05, 4.69) is 25.4 Å². The lowest BCUT2D eigenvalue weighted by Crippen LogP contribution is -2.52. The highest BCUT2D eigenvalue weighted by Crippen LogP contribution is 2.32. The molecule has 0 radical (unpaired) electrons. The highest BCUT2D eigenvalue weighted by molar-refractivity contribution is 7.90. The van der Waals surface area contributed by atoms with Crippen molar-refractivity contribution in [1.82, 2.24) is 30.0 Å². The third-order valence-electron chi connectivity index (χ3n) is 6.60. The van der Waals surface area contributed by atoms with Crippen LogP contribution in [0.1, 0.15) is 45.6 Å². The summed E-state index contributed by atoms with van der Waals surface area (Å²) in [4.78, 5) is 27.8. The molecule has 42 heavy (non-hydrogen) atoms. The number of amides is 1. The number of hydrogen-bond donors (Lipinski definition) is 1. The Labute approximate surface area is 244 Å². The molecule has 1 N–H and O–H groups in total. The Kier molecular flexibility index (Phi) is 8.19. The van der Waals surface area contributed by atoms with Gasteiger partial charge in [0.05, 0.1) is 24.0 Å². The van der Waals surface area contributed by atoms with Gasteiger partial charge in [-0.15, -0.1) is 0 Å². The summed E-state index contributed by atoms with van der Waals surface area (Å²) in [7, 11) is -3.05. The molecule has 14 heteroatoms. The van der Waals surface area contributed by atoms with Crippen molar-refractivity contribution in [3.63, 3.8) is 0 Å². The van der Waals surface area contributed by atoms with Crippen molar-refractivity contribution in [3.8, 4) is 11.6 Å². The van der Waals surface area contributed by atoms with Gasteiger partial charge in [0.1, 0.15) is 33.4 Å². The lowest BCUT2D eigenvalue weighted by molar-refractivity contribution is -0.216. The van der Waals surface area contributed by atoms with Crippen LogP contribution in [0.15, 0.2) is 54.1 Å². The number of nitrogens with zero attached hydrogens (tertiary/aromatic N) is 6. The topological polar surface area (TPSA) is 150 Å². The number of hydrogen-bond acceptors (Lipinski definition) is 11. The molecule has 1 amide bonds. The summed E-state index contributed by atoms with van der Waals surface area (Å²) < 4.78 is 43.1. The molecule has 224 valence electrons. The molecule has 1 saturated heterocycles. The number of fused-ring (bicyclic) bond motifs is 1. The Morgan fingerprint density at radius 1 is 1.17 bits per heavy atom. The Bertz CT molecular complexity index is 1580. The number of rotatable bonds is 8. The van der Waals surface area contributed by atoms with Crippen LogP contribution in [-0.4, -0.2) is 81.8 Å². The van der Waals surface area contributed by atoms with E-state index in [4.69, 9.17) is 14.2 Å². The van der Waals surface area contributed by atoms with Crippen LogP contribution in [0.25, 0.3) is 16.7 Å². The molecule has 3 aromatic rings. The quantitative estimate of drug-likeness (QED) is 0.383. The van der Waals surface area contributed by atoms with E-state index >= 15 is 0 Å². The molecule has 0 spiro atoms. The maximum absolute atomic E-state index is 13.0. The Morgan fingerprint density at radius 2 is 1.95 bits per heavy atom. The lowest BCUT2D eigenvalue weighted by Gasteiger charge is -2.40. The first-order valence-corrected chi connectivity index (χ1v) is 15.8. The van der Waals surface area contributed by atoms with Crippen LogP contribution < -0.4 is 10.1 Å². The van der Waals surface area contributed by atoms with Gasteiger partial charge in [-0.3, -0.25) is 9.64 Å². The second-order valence-corrected chi connectivity index (χ2v) is 13.5. The number of carbonyl (C=O) groups excluding carboxylic acids is 1. The smallest absolute Gasteiger partial charge is 0.412 e. The third kappa shape index (κ3) is 7.05. The van der Waals surface area contributed by atoms with Gasteiger partial charge in [-0.25, -0.2) is 27.9 Å². The summed E-state index contributed by atoms with van der Waals surface area (Å²) in [6.45, 7) is 5.95.